The molecular formula is C21H29I3N4. The highest BCUT2D eigenvalue weighted by Crippen LogP contribution is 2.05. The molecule has 0 saturated carbocycles. The van der Waals surface area contributed by atoms with Gasteiger partial charge in [0.2, 0.25) is 0 Å². The molecule has 4 rings (SSSR count). The Morgan fingerprint density at radius 3 is 0.857 bits per heavy atom. The van der Waals surface area contributed by atoms with E-state index in [9.17, 15) is 0 Å². The molecule has 28 heavy (non-hydrogen) atoms. The number of halogens is 3. The van der Waals surface area contributed by atoms with E-state index >= 15 is 0 Å². The van der Waals surface area contributed by atoms with Gasteiger partial charge in [0, 0.05) is 62.0 Å². The minimum Gasteiger partial charge on any atom is -0.253 e. The van der Waals surface area contributed by atoms with Crippen molar-refractivity contribution in [3.8, 4) is 0 Å². The van der Waals surface area contributed by atoms with Crippen LogP contribution >= 0.6 is 61.2 Å². The van der Waals surface area contributed by atoms with Crippen molar-refractivity contribution in [2.75, 3.05) is 0 Å². The summed E-state index contributed by atoms with van der Waals surface area (Å²) < 4.78 is 0. The molecule has 2 aromatic heterocycles. The first-order valence-corrected chi connectivity index (χ1v) is 14.7. The van der Waals surface area contributed by atoms with E-state index in [1.165, 1.54) is 0 Å². The van der Waals surface area contributed by atoms with Crippen molar-refractivity contribution >= 4 is 83.3 Å². The molecule has 0 aliphatic heterocycles. The summed E-state index contributed by atoms with van der Waals surface area (Å²) in [5, 5.41) is 0. The van der Waals surface area contributed by atoms with E-state index < -0.39 is 0 Å². The van der Waals surface area contributed by atoms with Crippen LogP contribution in [-0.4, -0.2) is 19.9 Å². The molecule has 0 saturated heterocycles. The lowest BCUT2D eigenvalue weighted by Gasteiger charge is -1.90. The normalized spacial score (nSPS) is 7.79. The van der Waals surface area contributed by atoms with Gasteiger partial charge >= 0.3 is 0 Å². The first kappa shape index (κ1) is 32.0. The molecule has 2 heterocycles. The van der Waals surface area contributed by atoms with Crippen LogP contribution in [0.1, 0.15) is 35.1 Å². The van der Waals surface area contributed by atoms with Crippen LogP contribution < -0.4 is 0 Å². The summed E-state index contributed by atoms with van der Waals surface area (Å²) in [6.07, 6.45) is 6.79. The zero-order valence-electron chi connectivity index (χ0n) is 15.9. The van der Waals surface area contributed by atoms with Gasteiger partial charge < -0.3 is 0 Å². The van der Waals surface area contributed by atoms with Crippen LogP contribution in [0.3, 0.4) is 0 Å². The number of rotatable bonds is 0. The summed E-state index contributed by atoms with van der Waals surface area (Å²) in [6, 6.07) is 15.6. The Morgan fingerprint density at radius 1 is 0.500 bits per heavy atom. The van der Waals surface area contributed by atoms with Gasteiger partial charge in [0.15, 0.2) is 0 Å². The smallest absolute Gasteiger partial charge is 0.0886 e. The maximum atomic E-state index is 4.12. The summed E-state index contributed by atoms with van der Waals surface area (Å²) in [5.74, 6) is 0. The molecule has 0 aliphatic carbocycles. The van der Waals surface area contributed by atoms with E-state index in [0.29, 0.717) is 0 Å². The number of para-hydroxylation sites is 4. The molecule has 7 heteroatoms. The Balaban J connectivity index is -0.000000334. The van der Waals surface area contributed by atoms with Gasteiger partial charge in [-0.3, -0.25) is 19.9 Å². The van der Waals surface area contributed by atoms with Gasteiger partial charge in [-0.1, -0.05) is 59.4 Å². The Kier molecular flexibility index (Phi) is 25.8. The number of nitrogens with zero attached hydrogens (tertiary/aromatic N) is 4. The van der Waals surface area contributed by atoms with Crippen LogP contribution in [0.5, 0.6) is 0 Å². The molecule has 0 aliphatic rings. The first-order chi connectivity index (χ1) is 12.9. The SMILES string of the molecule is C.CC.CC.I.II.c1ccc2nccnc2c1.c1ccc2nccnc2c1. The Hall–Kier alpha value is -0.690. The number of hydrogen-bond acceptors (Lipinski definition) is 4. The molecule has 0 N–H and O–H groups in total. The van der Waals surface area contributed by atoms with Crippen LogP contribution in [0.2, 0.25) is 0 Å². The van der Waals surface area contributed by atoms with Crippen molar-refractivity contribution in [1.29, 1.82) is 0 Å². The van der Waals surface area contributed by atoms with Crippen molar-refractivity contribution in [3.05, 3.63) is 73.3 Å². The zero-order chi connectivity index (χ0) is 19.6. The lowest BCUT2D eigenvalue weighted by atomic mass is 10.3. The highest BCUT2D eigenvalue weighted by Gasteiger charge is 1.89. The van der Waals surface area contributed by atoms with Crippen LogP contribution in [0.15, 0.2) is 73.3 Å². The average molecular weight is 718 g/mol. The summed E-state index contributed by atoms with van der Waals surface area (Å²) in [7, 11) is 0. The molecule has 0 bridgehead atoms. The third-order valence-corrected chi connectivity index (χ3v) is 2.75. The largest absolute Gasteiger partial charge is 0.253 e. The van der Waals surface area contributed by atoms with Crippen molar-refractivity contribution in [2.24, 2.45) is 0 Å². The molecule has 4 nitrogen and oxygen atoms in total. The van der Waals surface area contributed by atoms with Gasteiger partial charge in [0.25, 0.3) is 0 Å². The Morgan fingerprint density at radius 2 is 0.679 bits per heavy atom. The standard InChI is InChI=1S/2C8H6N2.2C2H6.CH4.I2.HI/c2*1-2-4-8-7(3-1)9-5-6-10-8;2*1-2;;1-2;/h2*1-6H;2*1-2H3;1H4;;1H. The molecule has 2 aromatic carbocycles. The molecule has 0 atom stereocenters. The number of hydrogen-bond donors (Lipinski definition) is 0. The summed E-state index contributed by atoms with van der Waals surface area (Å²) in [5.41, 5.74) is 3.80. The molecule has 4 aromatic rings. The summed E-state index contributed by atoms with van der Waals surface area (Å²) >= 11 is 4.24. The number of benzene rings is 2. The zero-order valence-corrected chi connectivity index (χ0v) is 22.5. The maximum Gasteiger partial charge on any atom is 0.0886 e. The van der Waals surface area contributed by atoms with Gasteiger partial charge in [-0.2, -0.15) is 0 Å². The van der Waals surface area contributed by atoms with Crippen LogP contribution in [0, 0.1) is 0 Å². The fraction of sp³-hybridized carbons (Fsp3) is 0.238. The molecule has 0 spiro atoms. The summed E-state index contributed by atoms with van der Waals surface area (Å²) in [4.78, 5) is 16.5. The van der Waals surface area contributed by atoms with E-state index in [4.69, 9.17) is 0 Å². The monoisotopic (exact) mass is 718 g/mol. The van der Waals surface area contributed by atoms with E-state index in [1.54, 1.807) is 24.8 Å². The third kappa shape index (κ3) is 12.0. The molecular weight excluding hydrogens is 689 g/mol. The third-order valence-electron chi connectivity index (χ3n) is 2.75. The number of aromatic nitrogens is 4. The summed E-state index contributed by atoms with van der Waals surface area (Å²) in [6.45, 7) is 8.00. The average Bonchev–Trinajstić information content (AvgIpc) is 2.78. The van der Waals surface area contributed by atoms with Gasteiger partial charge in [-0.25, -0.2) is 0 Å². The minimum atomic E-state index is 0. The van der Waals surface area contributed by atoms with Crippen molar-refractivity contribution in [1.82, 2.24) is 19.9 Å². The first-order valence-electron chi connectivity index (χ1n) is 8.39. The molecule has 0 fully saturated rings. The van der Waals surface area contributed by atoms with Gasteiger partial charge in [0.05, 0.1) is 22.1 Å². The van der Waals surface area contributed by atoms with Gasteiger partial charge in [-0.15, -0.1) is 24.0 Å². The van der Waals surface area contributed by atoms with E-state index in [-0.39, 0.29) is 31.4 Å². The lowest BCUT2D eigenvalue weighted by molar-refractivity contribution is 1.29. The maximum absolute atomic E-state index is 4.12. The van der Waals surface area contributed by atoms with Crippen LogP contribution in [0.25, 0.3) is 22.1 Å². The van der Waals surface area contributed by atoms with Gasteiger partial charge in [-0.05, 0) is 24.3 Å². The number of fused-ring (bicyclic) bond motifs is 2. The fourth-order valence-corrected chi connectivity index (χ4v) is 1.82. The molecule has 0 amide bonds. The molecule has 0 unspecified atom stereocenters. The quantitative estimate of drug-likeness (QED) is 0.172. The lowest BCUT2D eigenvalue weighted by Crippen LogP contribution is -1.78. The van der Waals surface area contributed by atoms with Crippen molar-refractivity contribution in [3.63, 3.8) is 0 Å². The highest BCUT2D eigenvalue weighted by atomic mass is 128. The second-order valence-electron chi connectivity index (χ2n) is 4.09. The Labute approximate surface area is 209 Å². The van der Waals surface area contributed by atoms with Crippen molar-refractivity contribution in [2.45, 2.75) is 35.1 Å². The van der Waals surface area contributed by atoms with Crippen LogP contribution in [0.4, 0.5) is 0 Å². The second-order valence-corrected chi connectivity index (χ2v) is 4.09. The predicted octanol–water partition coefficient (Wildman–Crippen LogP) is 8.34. The Bertz CT molecular complexity index is 643. The van der Waals surface area contributed by atoms with E-state index in [1.807, 2.05) is 76.2 Å². The van der Waals surface area contributed by atoms with Crippen LogP contribution in [-0.2, 0) is 0 Å². The second kappa shape index (κ2) is 22.6. The van der Waals surface area contributed by atoms with E-state index in [2.05, 4.69) is 57.2 Å². The highest BCUT2D eigenvalue weighted by molar-refractivity contribution is 15.0. The molecule has 154 valence electrons. The van der Waals surface area contributed by atoms with E-state index in [0.717, 1.165) is 22.1 Å². The fourth-order valence-electron chi connectivity index (χ4n) is 1.82. The minimum absolute atomic E-state index is 0. The molecule has 0 radical (unpaired) electrons. The topological polar surface area (TPSA) is 51.6 Å². The van der Waals surface area contributed by atoms with Gasteiger partial charge in [0.1, 0.15) is 0 Å². The predicted molar refractivity (Wildman–Crippen MR) is 152 cm³/mol. The van der Waals surface area contributed by atoms with Crippen molar-refractivity contribution < 1.29 is 0 Å².